The molecule has 4 rings (SSSR count). The molecule has 25 heavy (non-hydrogen) atoms. The molecule has 6 nitrogen and oxygen atoms in total. The Labute approximate surface area is 145 Å². The van der Waals surface area contributed by atoms with Gasteiger partial charge in [-0.25, -0.2) is 9.97 Å². The number of aromatic nitrogens is 4. The molecule has 0 aliphatic carbocycles. The lowest BCUT2D eigenvalue weighted by Crippen LogP contribution is -2.36. The van der Waals surface area contributed by atoms with Crippen molar-refractivity contribution >= 4 is 11.7 Å². The van der Waals surface area contributed by atoms with Crippen LogP contribution >= 0.6 is 0 Å². The molecule has 0 N–H and O–H groups in total. The summed E-state index contributed by atoms with van der Waals surface area (Å²) in [4.78, 5) is 31.8. The van der Waals surface area contributed by atoms with Crippen LogP contribution in [0.1, 0.15) is 23.2 Å². The van der Waals surface area contributed by atoms with Crippen LogP contribution in [-0.4, -0.2) is 25.8 Å². The Morgan fingerprint density at radius 1 is 1.04 bits per heavy atom. The number of carbonyl (C=O) groups excluding carboxylic acids is 1. The van der Waals surface area contributed by atoms with Gasteiger partial charge < -0.3 is 0 Å². The predicted octanol–water partition coefficient (Wildman–Crippen LogP) is 2.72. The molecule has 1 amide bonds. The van der Waals surface area contributed by atoms with Crippen LogP contribution in [0.3, 0.4) is 0 Å². The van der Waals surface area contributed by atoms with Crippen molar-refractivity contribution in [2.24, 2.45) is 0 Å². The van der Waals surface area contributed by atoms with Crippen LogP contribution in [0.5, 0.6) is 0 Å². The van der Waals surface area contributed by atoms with Crippen molar-refractivity contribution in [1.82, 2.24) is 19.9 Å². The van der Waals surface area contributed by atoms with E-state index in [-0.39, 0.29) is 5.91 Å². The molecule has 0 atom stereocenters. The second kappa shape index (κ2) is 6.39. The van der Waals surface area contributed by atoms with Crippen molar-refractivity contribution in [1.29, 1.82) is 0 Å². The van der Waals surface area contributed by atoms with Gasteiger partial charge in [-0.15, -0.1) is 0 Å². The lowest BCUT2D eigenvalue weighted by molar-refractivity contribution is -0.119. The number of fused-ring (bicyclic) bond motifs is 1. The van der Waals surface area contributed by atoms with Crippen molar-refractivity contribution in [3.05, 3.63) is 65.9 Å². The maximum atomic E-state index is 12.6. The van der Waals surface area contributed by atoms with E-state index in [4.69, 9.17) is 4.98 Å². The lowest BCUT2D eigenvalue weighted by atomic mass is 10.0. The van der Waals surface area contributed by atoms with Gasteiger partial charge >= 0.3 is 0 Å². The number of anilines is 1. The summed E-state index contributed by atoms with van der Waals surface area (Å²) in [6, 6.07) is 7.61. The molecule has 0 radical (unpaired) electrons. The highest BCUT2D eigenvalue weighted by molar-refractivity contribution is 5.95. The third kappa shape index (κ3) is 2.98. The van der Waals surface area contributed by atoms with Gasteiger partial charge in [0.15, 0.2) is 5.82 Å². The highest BCUT2D eigenvalue weighted by Gasteiger charge is 2.28. The van der Waals surface area contributed by atoms with E-state index in [1.165, 1.54) is 0 Å². The number of hydrogen-bond acceptors (Lipinski definition) is 5. The molecule has 1 aliphatic heterocycles. The number of nitrogens with zero attached hydrogens (tertiary/aromatic N) is 5. The summed E-state index contributed by atoms with van der Waals surface area (Å²) in [5, 5.41) is 0. The monoisotopic (exact) mass is 331 g/mol. The summed E-state index contributed by atoms with van der Waals surface area (Å²) in [6.45, 7) is 2.46. The van der Waals surface area contributed by atoms with Crippen molar-refractivity contribution in [2.75, 3.05) is 4.90 Å². The zero-order chi connectivity index (χ0) is 17.2. The molecule has 0 bridgehead atoms. The molecule has 6 heteroatoms. The minimum atomic E-state index is 0.0829. The molecule has 0 saturated carbocycles. The van der Waals surface area contributed by atoms with Crippen LogP contribution in [-0.2, 0) is 17.8 Å². The molecule has 124 valence electrons. The van der Waals surface area contributed by atoms with Gasteiger partial charge in [-0.1, -0.05) is 0 Å². The molecular formula is C19H17N5O. The fourth-order valence-electron chi connectivity index (χ4n) is 3.04. The number of carbonyl (C=O) groups is 1. The van der Waals surface area contributed by atoms with Crippen molar-refractivity contribution in [3.8, 4) is 11.4 Å². The quantitative estimate of drug-likeness (QED) is 0.738. The summed E-state index contributed by atoms with van der Waals surface area (Å²) in [6.07, 6.45) is 8.08. The van der Waals surface area contributed by atoms with E-state index in [9.17, 15) is 4.79 Å². The highest BCUT2D eigenvalue weighted by Crippen LogP contribution is 2.31. The van der Waals surface area contributed by atoms with E-state index in [1.54, 1.807) is 29.7 Å². The van der Waals surface area contributed by atoms with Crippen LogP contribution in [0.25, 0.3) is 11.4 Å². The van der Waals surface area contributed by atoms with Gasteiger partial charge in [0, 0.05) is 48.0 Å². The average molecular weight is 331 g/mol. The van der Waals surface area contributed by atoms with Crippen LogP contribution in [0.2, 0.25) is 0 Å². The van der Waals surface area contributed by atoms with E-state index in [2.05, 4.69) is 15.0 Å². The number of rotatable bonds is 3. The van der Waals surface area contributed by atoms with Gasteiger partial charge in [-0.05, 0) is 43.2 Å². The second-order valence-electron chi connectivity index (χ2n) is 6.01. The smallest absolute Gasteiger partial charge is 0.228 e. The maximum absolute atomic E-state index is 12.6. The first-order chi connectivity index (χ1) is 12.2. The SMILES string of the molecule is Cc1nc(-c2cccnc2)nc2c1CCC(=O)N2Cc1ccncc1. The van der Waals surface area contributed by atoms with Crippen LogP contribution in [0.15, 0.2) is 49.1 Å². The normalized spacial score (nSPS) is 13.6. The molecule has 0 saturated heterocycles. The number of pyridine rings is 2. The van der Waals surface area contributed by atoms with E-state index >= 15 is 0 Å². The molecule has 1 aliphatic rings. The van der Waals surface area contributed by atoms with Gasteiger partial charge in [0.1, 0.15) is 5.82 Å². The van der Waals surface area contributed by atoms with Crippen molar-refractivity contribution in [3.63, 3.8) is 0 Å². The molecule has 0 fully saturated rings. The Balaban J connectivity index is 1.79. The van der Waals surface area contributed by atoms with Crippen LogP contribution in [0.4, 0.5) is 5.82 Å². The summed E-state index contributed by atoms with van der Waals surface area (Å²) in [5.41, 5.74) is 3.82. The molecule has 0 spiro atoms. The molecule has 3 aromatic heterocycles. The Morgan fingerprint density at radius 3 is 2.64 bits per heavy atom. The summed E-state index contributed by atoms with van der Waals surface area (Å²) >= 11 is 0. The third-order valence-electron chi connectivity index (χ3n) is 4.35. The average Bonchev–Trinajstić information content (AvgIpc) is 2.65. The van der Waals surface area contributed by atoms with Crippen LogP contribution in [0, 0.1) is 6.92 Å². The third-order valence-corrected chi connectivity index (χ3v) is 4.35. The van der Waals surface area contributed by atoms with Crippen molar-refractivity contribution < 1.29 is 4.79 Å². The Hall–Kier alpha value is -3.15. The second-order valence-corrected chi connectivity index (χ2v) is 6.01. The fraction of sp³-hybridized carbons (Fsp3) is 0.211. The van der Waals surface area contributed by atoms with Gasteiger partial charge in [-0.2, -0.15) is 0 Å². The largest absolute Gasteiger partial charge is 0.292 e. The summed E-state index contributed by atoms with van der Waals surface area (Å²) in [7, 11) is 0. The van der Waals surface area contributed by atoms with Gasteiger partial charge in [0.05, 0.1) is 6.54 Å². The highest BCUT2D eigenvalue weighted by atomic mass is 16.2. The summed E-state index contributed by atoms with van der Waals surface area (Å²) in [5.74, 6) is 1.39. The topological polar surface area (TPSA) is 71.9 Å². The van der Waals surface area contributed by atoms with E-state index in [0.717, 1.165) is 22.4 Å². The minimum Gasteiger partial charge on any atom is -0.292 e. The van der Waals surface area contributed by atoms with E-state index in [1.807, 2.05) is 31.2 Å². The van der Waals surface area contributed by atoms with E-state index < -0.39 is 0 Å². The Kier molecular flexibility index (Phi) is 3.93. The molecular weight excluding hydrogens is 314 g/mol. The Morgan fingerprint density at radius 2 is 1.88 bits per heavy atom. The van der Waals surface area contributed by atoms with Gasteiger partial charge in [0.2, 0.25) is 5.91 Å². The van der Waals surface area contributed by atoms with Crippen molar-refractivity contribution in [2.45, 2.75) is 26.3 Å². The minimum absolute atomic E-state index is 0.0829. The molecule has 0 unspecified atom stereocenters. The van der Waals surface area contributed by atoms with E-state index in [0.29, 0.717) is 31.0 Å². The molecule has 4 heterocycles. The first-order valence-corrected chi connectivity index (χ1v) is 8.19. The first-order valence-electron chi connectivity index (χ1n) is 8.19. The zero-order valence-electron chi connectivity index (χ0n) is 13.9. The zero-order valence-corrected chi connectivity index (χ0v) is 13.9. The predicted molar refractivity (Wildman–Crippen MR) is 93.7 cm³/mol. The molecule has 0 aromatic carbocycles. The maximum Gasteiger partial charge on any atom is 0.228 e. The first kappa shape index (κ1) is 15.4. The van der Waals surface area contributed by atoms with Gasteiger partial charge in [0.25, 0.3) is 0 Å². The lowest BCUT2D eigenvalue weighted by Gasteiger charge is -2.29. The number of amides is 1. The Bertz CT molecular complexity index is 912. The molecule has 3 aromatic rings. The standard InChI is InChI=1S/C19H17N5O/c1-13-16-4-5-17(25)24(12-14-6-9-20-10-7-14)19(16)23-18(22-13)15-3-2-8-21-11-15/h2-3,6-11H,4-5,12H2,1H3. The summed E-state index contributed by atoms with van der Waals surface area (Å²) < 4.78 is 0. The fourth-order valence-corrected chi connectivity index (χ4v) is 3.04. The van der Waals surface area contributed by atoms with Gasteiger partial charge in [-0.3, -0.25) is 19.7 Å². The number of aryl methyl sites for hydroxylation is 1. The van der Waals surface area contributed by atoms with Crippen LogP contribution < -0.4 is 4.90 Å². The number of hydrogen-bond donors (Lipinski definition) is 0.